The van der Waals surface area contributed by atoms with Gasteiger partial charge in [0.1, 0.15) is 11.2 Å². The number of hydrogen-bond acceptors (Lipinski definition) is 10. The molecule has 0 aromatic heterocycles. The van der Waals surface area contributed by atoms with Crippen molar-refractivity contribution in [1.29, 1.82) is 0 Å². The molecule has 3 heterocycles. The van der Waals surface area contributed by atoms with Gasteiger partial charge < -0.3 is 49.0 Å². The average Bonchev–Trinajstić information content (AvgIpc) is 3.25. The Morgan fingerprint density at radius 3 is 1.25 bits per heavy atom. The molecule has 3 rings (SSSR count). The lowest BCUT2D eigenvalue weighted by Gasteiger charge is -2.36. The van der Waals surface area contributed by atoms with E-state index in [1.54, 1.807) is 23.6 Å². The molecule has 350 valence electrons. The van der Waals surface area contributed by atoms with E-state index in [1.807, 2.05) is 41.5 Å². The lowest BCUT2D eigenvalue weighted by molar-refractivity contribution is -0.0515. The van der Waals surface area contributed by atoms with Gasteiger partial charge in [0.2, 0.25) is 0 Å². The van der Waals surface area contributed by atoms with Crippen LogP contribution < -0.4 is 5.73 Å². The molecule has 0 aromatic carbocycles. The first-order valence-corrected chi connectivity index (χ1v) is 21.8. The molecular formula is C51H79N5O7. The monoisotopic (exact) mass is 874 g/mol. The highest BCUT2D eigenvalue weighted by Crippen LogP contribution is 2.15. The second-order valence-corrected chi connectivity index (χ2v) is 16.0. The first kappa shape index (κ1) is 60.3. The number of rotatable bonds is 9. The summed E-state index contributed by atoms with van der Waals surface area (Å²) in [5, 5.41) is 0. The van der Waals surface area contributed by atoms with Gasteiger partial charge in [-0.05, 0) is 172 Å². The number of ether oxygens (including phenoxy) is 5. The van der Waals surface area contributed by atoms with Crippen molar-refractivity contribution in [1.82, 2.24) is 19.6 Å². The molecular weight excluding hydrogens is 795 g/mol. The second kappa shape index (κ2) is 36.7. The van der Waals surface area contributed by atoms with Gasteiger partial charge in [-0.2, -0.15) is 0 Å². The highest BCUT2D eigenvalue weighted by atomic mass is 16.6. The van der Waals surface area contributed by atoms with Gasteiger partial charge in [-0.1, -0.05) is 47.0 Å². The van der Waals surface area contributed by atoms with Gasteiger partial charge in [-0.3, -0.25) is 0 Å². The molecule has 0 spiro atoms. The van der Waals surface area contributed by atoms with Crippen LogP contribution in [-0.2, 0) is 23.7 Å². The zero-order chi connectivity index (χ0) is 46.7. The van der Waals surface area contributed by atoms with Gasteiger partial charge in [0, 0.05) is 39.3 Å². The molecule has 0 aromatic rings. The van der Waals surface area contributed by atoms with E-state index in [9.17, 15) is 9.59 Å². The van der Waals surface area contributed by atoms with E-state index < -0.39 is 11.2 Å². The van der Waals surface area contributed by atoms with Crippen LogP contribution in [0.3, 0.4) is 0 Å². The molecule has 3 unspecified atom stereocenters. The molecule has 0 aliphatic carbocycles. The number of hydrogen-bond donors (Lipinski definition) is 1. The van der Waals surface area contributed by atoms with E-state index in [0.717, 1.165) is 45.9 Å². The van der Waals surface area contributed by atoms with Gasteiger partial charge in [-0.15, -0.1) is 0 Å². The summed E-state index contributed by atoms with van der Waals surface area (Å²) in [6, 6.07) is 0. The molecule has 12 nitrogen and oxygen atoms in total. The summed E-state index contributed by atoms with van der Waals surface area (Å²) in [5.74, 6) is 35.6. The number of morpholine rings is 2. The van der Waals surface area contributed by atoms with E-state index in [1.165, 1.54) is 19.3 Å². The van der Waals surface area contributed by atoms with E-state index in [0.29, 0.717) is 52.0 Å². The first-order chi connectivity index (χ1) is 29.6. The van der Waals surface area contributed by atoms with E-state index in [-0.39, 0.29) is 31.8 Å². The standard InChI is InChI=1S/C16H6.C14H28N2O3.C10H20N2O3.C10H21NO.CH4/c1-3-5-7-9-11-13-15-16-14-12-10-8-6-4-2;1-6-15(7-2)10-12-11-16(8-9-18-12)13(17)19-14(3,4)5;1-10(2,3)15-9(13)12-4-5-14-8(6-11)7-12;1-3-11(4-2)9-10-7-5-6-8-12-10;/h1-2H3;12H,6-11H2,1-5H3;8H,4-7,11H2,1-3H3;10H,3-9H2,1-2H3;1H4. The summed E-state index contributed by atoms with van der Waals surface area (Å²) in [6.45, 7) is 34.5. The molecule has 0 bridgehead atoms. The first-order valence-electron chi connectivity index (χ1n) is 21.8. The van der Waals surface area contributed by atoms with Crippen LogP contribution in [0, 0.1) is 82.9 Å². The maximum atomic E-state index is 12.0. The van der Waals surface area contributed by atoms with E-state index >= 15 is 0 Å². The molecule has 2 N–H and O–H groups in total. The van der Waals surface area contributed by atoms with Crippen molar-refractivity contribution in [3.63, 3.8) is 0 Å². The Bertz CT molecular complexity index is 1680. The molecule has 0 saturated carbocycles. The Morgan fingerprint density at radius 1 is 0.571 bits per heavy atom. The third-order valence-electron chi connectivity index (χ3n) is 8.77. The zero-order valence-electron chi connectivity index (χ0n) is 40.0. The fourth-order valence-corrected chi connectivity index (χ4v) is 5.60. The summed E-state index contributed by atoms with van der Waals surface area (Å²) >= 11 is 0. The van der Waals surface area contributed by atoms with Gasteiger partial charge in [0.25, 0.3) is 0 Å². The van der Waals surface area contributed by atoms with Gasteiger partial charge >= 0.3 is 12.2 Å². The largest absolute Gasteiger partial charge is 0.444 e. The minimum absolute atomic E-state index is 0. The number of carbonyl (C=O) groups is 2. The Balaban J connectivity index is 0. The van der Waals surface area contributed by atoms with Crippen LogP contribution in [0.15, 0.2) is 0 Å². The topological polar surface area (TPSA) is 119 Å². The number of likely N-dealkylation sites (N-methyl/N-ethyl adjacent to an activating group) is 2. The van der Waals surface area contributed by atoms with Crippen molar-refractivity contribution in [2.24, 2.45) is 5.73 Å². The van der Waals surface area contributed by atoms with Crippen molar-refractivity contribution in [3.05, 3.63) is 0 Å². The third-order valence-corrected chi connectivity index (χ3v) is 8.77. The Morgan fingerprint density at radius 2 is 0.921 bits per heavy atom. The number of nitrogens with two attached hydrogens (primary N) is 1. The van der Waals surface area contributed by atoms with Crippen LogP contribution >= 0.6 is 0 Å². The molecule has 3 aliphatic rings. The zero-order valence-corrected chi connectivity index (χ0v) is 40.0. The van der Waals surface area contributed by atoms with Crippen LogP contribution in [0.4, 0.5) is 9.59 Å². The van der Waals surface area contributed by atoms with E-state index in [4.69, 9.17) is 29.4 Å². The lowest BCUT2D eigenvalue weighted by Crippen LogP contribution is -2.50. The van der Waals surface area contributed by atoms with Crippen LogP contribution in [0.1, 0.15) is 110 Å². The fourth-order valence-electron chi connectivity index (χ4n) is 5.60. The summed E-state index contributed by atoms with van der Waals surface area (Å²) < 4.78 is 27.4. The van der Waals surface area contributed by atoms with Crippen molar-refractivity contribution in [2.75, 3.05) is 91.8 Å². The van der Waals surface area contributed by atoms with Crippen molar-refractivity contribution in [3.8, 4) is 82.9 Å². The fraction of sp³-hybridized carbons (Fsp3) is 0.686. The summed E-state index contributed by atoms with van der Waals surface area (Å²) in [5.41, 5.74) is 4.60. The second-order valence-electron chi connectivity index (χ2n) is 16.0. The molecule has 63 heavy (non-hydrogen) atoms. The Kier molecular flexibility index (Phi) is 35.1. The van der Waals surface area contributed by atoms with Crippen LogP contribution in [0.2, 0.25) is 0 Å². The highest BCUT2D eigenvalue weighted by Gasteiger charge is 2.29. The van der Waals surface area contributed by atoms with Crippen molar-refractivity contribution >= 4 is 12.2 Å². The van der Waals surface area contributed by atoms with Gasteiger partial charge in [-0.25, -0.2) is 9.59 Å². The number of amides is 2. The average molecular weight is 874 g/mol. The molecule has 3 saturated heterocycles. The minimum atomic E-state index is -0.451. The molecule has 2 amide bonds. The summed E-state index contributed by atoms with van der Waals surface area (Å²) in [4.78, 5) is 31.8. The lowest BCUT2D eigenvalue weighted by atomic mass is 10.1. The maximum Gasteiger partial charge on any atom is 0.410 e. The van der Waals surface area contributed by atoms with Gasteiger partial charge in [0.15, 0.2) is 0 Å². The SMILES string of the molecule is C.CC#CC#CC#CC#CC#CC#CC#CC.CC(C)(C)OC(=O)N1CCOC(CN)C1.CCN(CC)CC1CCCCO1.CCN(CC)CC1CN(C(=O)OC(C)(C)C)CCO1. The van der Waals surface area contributed by atoms with Crippen molar-refractivity contribution < 1.29 is 33.3 Å². The third kappa shape index (κ3) is 33.5. The Hall–Kier alpha value is -4.78. The predicted octanol–water partition coefficient (Wildman–Crippen LogP) is 6.13. The molecule has 12 heteroatoms. The molecule has 0 radical (unpaired) electrons. The number of nitrogens with zero attached hydrogens (tertiary/aromatic N) is 4. The smallest absolute Gasteiger partial charge is 0.410 e. The molecule has 3 atom stereocenters. The summed E-state index contributed by atoms with van der Waals surface area (Å²) in [6.07, 6.45) is 3.88. The van der Waals surface area contributed by atoms with Crippen LogP contribution in [0.25, 0.3) is 0 Å². The molecule has 3 aliphatic heterocycles. The molecule has 3 fully saturated rings. The predicted molar refractivity (Wildman–Crippen MR) is 256 cm³/mol. The summed E-state index contributed by atoms with van der Waals surface area (Å²) in [7, 11) is 0. The minimum Gasteiger partial charge on any atom is -0.444 e. The highest BCUT2D eigenvalue weighted by molar-refractivity contribution is 5.68. The normalized spacial score (nSPS) is 17.3. The Labute approximate surface area is 383 Å². The van der Waals surface area contributed by atoms with Crippen molar-refractivity contribution in [2.45, 2.75) is 139 Å². The maximum absolute atomic E-state index is 12.0. The number of carbonyl (C=O) groups excluding carboxylic acids is 2. The quantitative estimate of drug-likeness (QED) is 0.272. The van der Waals surface area contributed by atoms with E-state index in [2.05, 4.69) is 120 Å². The van der Waals surface area contributed by atoms with Crippen LogP contribution in [-0.4, -0.2) is 153 Å². The van der Waals surface area contributed by atoms with Crippen LogP contribution in [0.5, 0.6) is 0 Å². The van der Waals surface area contributed by atoms with Gasteiger partial charge in [0.05, 0.1) is 44.6 Å².